The summed E-state index contributed by atoms with van der Waals surface area (Å²) in [6, 6.07) is 0. The number of nitrogens with zero attached hydrogens (tertiary/aromatic N) is 2. The minimum absolute atomic E-state index is 0.215. The third-order valence-electron chi connectivity index (χ3n) is 4.30. The van der Waals surface area contributed by atoms with Gasteiger partial charge < -0.3 is 10.1 Å². The highest BCUT2D eigenvalue weighted by Crippen LogP contribution is 2.39. The maximum atomic E-state index is 6.11. The molecule has 1 saturated carbocycles. The number of aromatic nitrogens is 2. The van der Waals surface area contributed by atoms with Crippen LogP contribution in [0.15, 0.2) is 6.20 Å². The molecule has 0 amide bonds. The van der Waals surface area contributed by atoms with E-state index in [0.29, 0.717) is 0 Å². The lowest BCUT2D eigenvalue weighted by molar-refractivity contribution is -0.0768. The van der Waals surface area contributed by atoms with Crippen molar-refractivity contribution in [3.8, 4) is 0 Å². The highest BCUT2D eigenvalue weighted by molar-refractivity contribution is 5.22. The molecule has 3 rings (SSSR count). The lowest BCUT2D eigenvalue weighted by Gasteiger charge is -2.36. The Morgan fingerprint density at radius 1 is 1.32 bits per heavy atom. The Morgan fingerprint density at radius 3 is 2.95 bits per heavy atom. The summed E-state index contributed by atoms with van der Waals surface area (Å²) >= 11 is 0. The molecule has 2 aliphatic rings. The van der Waals surface area contributed by atoms with Gasteiger partial charge in [-0.3, -0.25) is 0 Å². The van der Waals surface area contributed by atoms with Crippen LogP contribution in [0.3, 0.4) is 0 Å². The molecule has 0 radical (unpaired) electrons. The van der Waals surface area contributed by atoms with Gasteiger partial charge in [-0.25, -0.2) is 9.97 Å². The number of nitrogens with one attached hydrogen (secondary N) is 1. The summed E-state index contributed by atoms with van der Waals surface area (Å²) in [5.74, 6) is 0.926. The van der Waals surface area contributed by atoms with E-state index in [2.05, 4.69) is 17.2 Å². The molecule has 19 heavy (non-hydrogen) atoms. The van der Waals surface area contributed by atoms with Gasteiger partial charge in [-0.05, 0) is 19.8 Å². The predicted molar refractivity (Wildman–Crippen MR) is 73.8 cm³/mol. The van der Waals surface area contributed by atoms with Crippen LogP contribution in [-0.4, -0.2) is 23.1 Å². The van der Waals surface area contributed by atoms with Crippen molar-refractivity contribution in [1.29, 1.82) is 0 Å². The van der Waals surface area contributed by atoms with Gasteiger partial charge in [0.25, 0.3) is 0 Å². The first kappa shape index (κ1) is 13.0. The second kappa shape index (κ2) is 5.55. The molecule has 1 N–H and O–H groups in total. The first-order valence-corrected chi connectivity index (χ1v) is 7.54. The van der Waals surface area contributed by atoms with E-state index in [9.17, 15) is 0 Å². The van der Waals surface area contributed by atoms with Crippen molar-refractivity contribution in [3.63, 3.8) is 0 Å². The highest BCUT2D eigenvalue weighted by Gasteiger charge is 2.37. The molecular weight excluding hydrogens is 238 g/mol. The number of ether oxygens (including phenoxy) is 1. The number of hydrogen-bond acceptors (Lipinski definition) is 4. The second-order valence-corrected chi connectivity index (χ2v) is 5.58. The molecule has 0 aromatic carbocycles. The maximum absolute atomic E-state index is 6.11. The molecule has 0 atom stereocenters. The van der Waals surface area contributed by atoms with Gasteiger partial charge in [-0.15, -0.1) is 0 Å². The Labute approximate surface area is 115 Å². The molecule has 1 aromatic rings. The van der Waals surface area contributed by atoms with Crippen LogP contribution in [0.4, 0.5) is 0 Å². The SMILES string of the molecule is CCOC1(c2ncc3c(n2)CCNC3)CCCCC1. The normalized spacial score (nSPS) is 21.9. The van der Waals surface area contributed by atoms with E-state index in [1.54, 1.807) is 0 Å². The summed E-state index contributed by atoms with van der Waals surface area (Å²) in [6.45, 7) is 4.73. The number of rotatable bonds is 3. The summed E-state index contributed by atoms with van der Waals surface area (Å²) in [5, 5.41) is 3.36. The monoisotopic (exact) mass is 261 g/mol. The van der Waals surface area contributed by atoms with Crippen LogP contribution in [0.2, 0.25) is 0 Å². The molecule has 104 valence electrons. The molecule has 4 nitrogen and oxygen atoms in total. The minimum Gasteiger partial charge on any atom is -0.367 e. The molecule has 1 aliphatic heterocycles. The van der Waals surface area contributed by atoms with Crippen LogP contribution >= 0.6 is 0 Å². The van der Waals surface area contributed by atoms with Gasteiger partial charge in [-0.1, -0.05) is 19.3 Å². The lowest BCUT2D eigenvalue weighted by atomic mass is 9.83. The molecule has 1 aliphatic carbocycles. The van der Waals surface area contributed by atoms with E-state index in [1.807, 2.05) is 6.20 Å². The standard InChI is InChI=1S/C15H23N3O/c1-2-19-15(7-4-3-5-8-15)14-17-11-12-10-16-9-6-13(12)18-14/h11,16H,2-10H2,1H3. The van der Waals surface area contributed by atoms with Crippen molar-refractivity contribution in [3.05, 3.63) is 23.3 Å². The highest BCUT2D eigenvalue weighted by atomic mass is 16.5. The average molecular weight is 261 g/mol. The minimum atomic E-state index is -0.215. The molecule has 1 fully saturated rings. The molecular formula is C15H23N3O. The van der Waals surface area contributed by atoms with Gasteiger partial charge in [0.2, 0.25) is 0 Å². The molecule has 4 heteroatoms. The lowest BCUT2D eigenvalue weighted by Crippen LogP contribution is -2.36. The van der Waals surface area contributed by atoms with Crippen LogP contribution in [0, 0.1) is 0 Å². The van der Waals surface area contributed by atoms with Gasteiger partial charge in [0, 0.05) is 43.6 Å². The van der Waals surface area contributed by atoms with Crippen molar-refractivity contribution in [2.75, 3.05) is 13.2 Å². The molecule has 0 saturated heterocycles. The zero-order valence-electron chi connectivity index (χ0n) is 11.7. The van der Waals surface area contributed by atoms with Crippen molar-refractivity contribution >= 4 is 0 Å². The van der Waals surface area contributed by atoms with Crippen molar-refractivity contribution in [2.24, 2.45) is 0 Å². The smallest absolute Gasteiger partial charge is 0.160 e. The van der Waals surface area contributed by atoms with Crippen LogP contribution in [0.5, 0.6) is 0 Å². The molecule has 0 spiro atoms. The topological polar surface area (TPSA) is 47.0 Å². The fourth-order valence-electron chi connectivity index (χ4n) is 3.29. The van der Waals surface area contributed by atoms with Gasteiger partial charge in [0.1, 0.15) is 5.60 Å². The summed E-state index contributed by atoms with van der Waals surface area (Å²) in [7, 11) is 0. The molecule has 0 unspecified atom stereocenters. The summed E-state index contributed by atoms with van der Waals surface area (Å²) < 4.78 is 6.11. The molecule has 1 aromatic heterocycles. The van der Waals surface area contributed by atoms with Crippen molar-refractivity contribution in [2.45, 2.75) is 57.6 Å². The second-order valence-electron chi connectivity index (χ2n) is 5.58. The van der Waals surface area contributed by atoms with Gasteiger partial charge in [0.05, 0.1) is 0 Å². The fourth-order valence-corrected chi connectivity index (χ4v) is 3.29. The Balaban J connectivity index is 1.93. The average Bonchev–Trinajstić information content (AvgIpc) is 2.48. The Bertz CT molecular complexity index is 436. The number of fused-ring (bicyclic) bond motifs is 1. The maximum Gasteiger partial charge on any atom is 0.160 e. The van der Waals surface area contributed by atoms with Gasteiger partial charge in [0.15, 0.2) is 5.82 Å². The van der Waals surface area contributed by atoms with E-state index in [1.165, 1.54) is 30.5 Å². The third-order valence-corrected chi connectivity index (χ3v) is 4.30. The largest absolute Gasteiger partial charge is 0.367 e. The van der Waals surface area contributed by atoms with Crippen LogP contribution < -0.4 is 5.32 Å². The van der Waals surface area contributed by atoms with Crippen molar-refractivity contribution < 1.29 is 4.74 Å². The van der Waals surface area contributed by atoms with Gasteiger partial charge in [-0.2, -0.15) is 0 Å². The van der Waals surface area contributed by atoms with E-state index in [-0.39, 0.29) is 5.60 Å². The van der Waals surface area contributed by atoms with Gasteiger partial charge >= 0.3 is 0 Å². The zero-order valence-corrected chi connectivity index (χ0v) is 11.7. The van der Waals surface area contributed by atoms with E-state index in [4.69, 9.17) is 9.72 Å². The van der Waals surface area contributed by atoms with Crippen LogP contribution in [0.25, 0.3) is 0 Å². The Hall–Kier alpha value is -1.00. The third kappa shape index (κ3) is 2.51. The first-order chi connectivity index (χ1) is 9.34. The Kier molecular flexibility index (Phi) is 3.80. The van der Waals surface area contributed by atoms with E-state index < -0.39 is 0 Å². The summed E-state index contributed by atoms with van der Waals surface area (Å²) in [6.07, 6.45) is 8.90. The fraction of sp³-hybridized carbons (Fsp3) is 0.733. The zero-order chi connectivity index (χ0) is 13.1. The number of hydrogen-bond donors (Lipinski definition) is 1. The summed E-state index contributed by atoms with van der Waals surface area (Å²) in [4.78, 5) is 9.48. The first-order valence-electron chi connectivity index (χ1n) is 7.54. The van der Waals surface area contributed by atoms with E-state index in [0.717, 1.165) is 44.8 Å². The molecule has 2 heterocycles. The van der Waals surface area contributed by atoms with Crippen LogP contribution in [-0.2, 0) is 23.3 Å². The quantitative estimate of drug-likeness (QED) is 0.907. The predicted octanol–water partition coefficient (Wildman–Crippen LogP) is 2.32. The van der Waals surface area contributed by atoms with Crippen LogP contribution in [0.1, 0.15) is 56.1 Å². The van der Waals surface area contributed by atoms with Crippen molar-refractivity contribution in [1.82, 2.24) is 15.3 Å². The Morgan fingerprint density at radius 2 is 2.16 bits per heavy atom. The van der Waals surface area contributed by atoms with E-state index >= 15 is 0 Å². The summed E-state index contributed by atoms with van der Waals surface area (Å²) in [5.41, 5.74) is 2.25. The molecule has 0 bridgehead atoms.